The Morgan fingerprint density at radius 3 is 3.07 bits per heavy atom. The van der Waals surface area contributed by atoms with Gasteiger partial charge in [0, 0.05) is 20.7 Å². The van der Waals surface area contributed by atoms with E-state index in [9.17, 15) is 4.79 Å². The minimum atomic E-state index is -0.111. The summed E-state index contributed by atoms with van der Waals surface area (Å²) < 4.78 is 5.55. The number of methoxy groups -OCH3 is 1. The molecule has 0 aliphatic rings. The Bertz CT molecular complexity index is 353. The van der Waals surface area contributed by atoms with E-state index in [1.807, 2.05) is 34.5 Å². The molecule has 0 amide bonds. The second-order valence-corrected chi connectivity index (χ2v) is 3.86. The topological polar surface area (TPSA) is 58.2 Å². The van der Waals surface area contributed by atoms with Crippen molar-refractivity contribution >= 4 is 28.4 Å². The second-order valence-electron chi connectivity index (χ2n) is 2.78. The van der Waals surface area contributed by atoms with Crippen molar-refractivity contribution in [1.82, 2.24) is 9.97 Å². The Balaban J connectivity index is 2.84. The minimum absolute atomic E-state index is 0.111. The van der Waals surface area contributed by atoms with E-state index in [1.165, 1.54) is 6.33 Å². The zero-order valence-corrected chi connectivity index (χ0v) is 10.2. The van der Waals surface area contributed by atoms with Crippen LogP contribution in [0.15, 0.2) is 11.1 Å². The molecule has 1 aromatic heterocycles. The highest BCUT2D eigenvalue weighted by molar-refractivity contribution is 14.1. The first-order chi connectivity index (χ1) is 6.66. The Labute approximate surface area is 95.6 Å². The number of nitrogens with one attached hydrogen (secondary N) is 1. The molecule has 0 aliphatic heterocycles. The molecule has 0 saturated heterocycles. The summed E-state index contributed by atoms with van der Waals surface area (Å²) in [5.41, 5.74) is -0.111. The van der Waals surface area contributed by atoms with Gasteiger partial charge in [0.2, 0.25) is 0 Å². The third kappa shape index (κ3) is 2.68. The maximum Gasteiger partial charge on any atom is 0.266 e. The van der Waals surface area contributed by atoms with Gasteiger partial charge in [-0.15, -0.1) is 0 Å². The number of hydrogen-bond acceptors (Lipinski definition) is 4. The number of H-pyrrole nitrogens is 1. The molecule has 78 valence electrons. The lowest BCUT2D eigenvalue weighted by Crippen LogP contribution is -2.26. The van der Waals surface area contributed by atoms with E-state index in [2.05, 4.69) is 9.97 Å². The number of anilines is 1. The molecule has 0 saturated carbocycles. The summed E-state index contributed by atoms with van der Waals surface area (Å²) in [6, 6.07) is 0. The molecule has 0 atom stereocenters. The Morgan fingerprint density at radius 2 is 2.43 bits per heavy atom. The van der Waals surface area contributed by atoms with Crippen LogP contribution in [0.3, 0.4) is 0 Å². The van der Waals surface area contributed by atoms with Crippen LogP contribution >= 0.6 is 22.6 Å². The van der Waals surface area contributed by atoms with Crippen LogP contribution in [-0.2, 0) is 4.74 Å². The lowest BCUT2D eigenvalue weighted by atomic mass is 10.5. The SMILES string of the molecule is COCCN(C)c1nc[nH]c(=O)c1I. The highest BCUT2D eigenvalue weighted by Gasteiger charge is 2.09. The van der Waals surface area contributed by atoms with Crippen molar-refractivity contribution in [2.45, 2.75) is 0 Å². The Kier molecular flexibility index (Phi) is 4.33. The number of aromatic nitrogens is 2. The van der Waals surface area contributed by atoms with Gasteiger partial charge in [-0.3, -0.25) is 4.79 Å². The van der Waals surface area contributed by atoms with Crippen LogP contribution in [0.4, 0.5) is 5.82 Å². The predicted octanol–water partition coefficient (Wildman–Crippen LogP) is 0.457. The average Bonchev–Trinajstić information content (AvgIpc) is 2.18. The number of rotatable bonds is 4. The maximum atomic E-state index is 11.3. The van der Waals surface area contributed by atoms with Crippen molar-refractivity contribution in [2.75, 3.05) is 32.2 Å². The van der Waals surface area contributed by atoms with Gasteiger partial charge in [-0.2, -0.15) is 0 Å². The third-order valence-corrected chi connectivity index (χ3v) is 2.74. The molecule has 0 aromatic carbocycles. The highest BCUT2D eigenvalue weighted by atomic mass is 127. The molecular formula is C8H12IN3O2. The minimum Gasteiger partial charge on any atom is -0.383 e. The van der Waals surface area contributed by atoms with Gasteiger partial charge in [0.1, 0.15) is 9.39 Å². The summed E-state index contributed by atoms with van der Waals surface area (Å²) in [5.74, 6) is 0.686. The van der Waals surface area contributed by atoms with E-state index < -0.39 is 0 Å². The van der Waals surface area contributed by atoms with Crippen LogP contribution in [0.5, 0.6) is 0 Å². The fourth-order valence-electron chi connectivity index (χ4n) is 0.974. The number of likely N-dealkylation sites (N-methyl/N-ethyl adjacent to an activating group) is 1. The molecule has 1 N–H and O–H groups in total. The number of aromatic amines is 1. The van der Waals surface area contributed by atoms with Crippen LogP contribution in [-0.4, -0.2) is 37.3 Å². The molecular weight excluding hydrogens is 297 g/mol. The lowest BCUT2D eigenvalue weighted by Gasteiger charge is -2.17. The Hall–Kier alpha value is -0.630. The molecule has 1 heterocycles. The third-order valence-electron chi connectivity index (χ3n) is 1.77. The normalized spacial score (nSPS) is 10.2. The standard InChI is InChI=1S/C8H12IN3O2/c1-12(3-4-14-2)7-6(9)8(13)11-5-10-7/h5H,3-4H2,1-2H3,(H,10,11,13). The van der Waals surface area contributed by atoms with Crippen molar-refractivity contribution in [3.63, 3.8) is 0 Å². The van der Waals surface area contributed by atoms with Crippen LogP contribution < -0.4 is 10.5 Å². The lowest BCUT2D eigenvalue weighted by molar-refractivity contribution is 0.206. The number of halogens is 1. The van der Waals surface area contributed by atoms with E-state index in [4.69, 9.17) is 4.74 Å². The van der Waals surface area contributed by atoms with E-state index in [0.717, 1.165) is 0 Å². The second kappa shape index (κ2) is 5.30. The van der Waals surface area contributed by atoms with Gasteiger partial charge in [-0.05, 0) is 22.6 Å². The number of hydrogen-bond donors (Lipinski definition) is 1. The van der Waals surface area contributed by atoms with E-state index in [0.29, 0.717) is 22.5 Å². The Morgan fingerprint density at radius 1 is 1.71 bits per heavy atom. The smallest absolute Gasteiger partial charge is 0.266 e. The summed E-state index contributed by atoms with van der Waals surface area (Å²) in [7, 11) is 3.52. The maximum absolute atomic E-state index is 11.3. The van der Waals surface area contributed by atoms with Crippen molar-refractivity contribution in [3.8, 4) is 0 Å². The van der Waals surface area contributed by atoms with Gasteiger partial charge in [0.05, 0.1) is 12.9 Å². The van der Waals surface area contributed by atoms with Crippen molar-refractivity contribution in [3.05, 3.63) is 20.3 Å². The van der Waals surface area contributed by atoms with Crippen molar-refractivity contribution < 1.29 is 4.74 Å². The largest absolute Gasteiger partial charge is 0.383 e. The average molecular weight is 309 g/mol. The molecule has 0 aliphatic carbocycles. The van der Waals surface area contributed by atoms with Crippen LogP contribution in [0, 0.1) is 3.57 Å². The molecule has 0 fully saturated rings. The summed E-state index contributed by atoms with van der Waals surface area (Å²) in [6.45, 7) is 1.32. The van der Waals surface area contributed by atoms with Crippen molar-refractivity contribution in [2.24, 2.45) is 0 Å². The van der Waals surface area contributed by atoms with E-state index >= 15 is 0 Å². The van der Waals surface area contributed by atoms with Crippen LogP contribution in [0.2, 0.25) is 0 Å². The molecule has 6 heteroatoms. The first-order valence-electron chi connectivity index (χ1n) is 4.10. The van der Waals surface area contributed by atoms with Gasteiger partial charge in [0.15, 0.2) is 0 Å². The van der Waals surface area contributed by atoms with E-state index in [-0.39, 0.29) is 5.56 Å². The molecule has 5 nitrogen and oxygen atoms in total. The van der Waals surface area contributed by atoms with Crippen molar-refractivity contribution in [1.29, 1.82) is 0 Å². The molecule has 1 rings (SSSR count). The zero-order chi connectivity index (χ0) is 10.6. The first-order valence-corrected chi connectivity index (χ1v) is 5.18. The van der Waals surface area contributed by atoms with E-state index in [1.54, 1.807) is 7.11 Å². The van der Waals surface area contributed by atoms with Crippen LogP contribution in [0.25, 0.3) is 0 Å². The van der Waals surface area contributed by atoms with Gasteiger partial charge < -0.3 is 14.6 Å². The van der Waals surface area contributed by atoms with Gasteiger partial charge in [-0.25, -0.2) is 4.98 Å². The fourth-order valence-corrected chi connectivity index (χ4v) is 1.68. The molecule has 0 bridgehead atoms. The van der Waals surface area contributed by atoms with Gasteiger partial charge >= 0.3 is 0 Å². The summed E-state index contributed by atoms with van der Waals surface area (Å²) in [4.78, 5) is 19.8. The molecule has 0 radical (unpaired) electrons. The van der Waals surface area contributed by atoms with Gasteiger partial charge in [0.25, 0.3) is 5.56 Å². The molecule has 0 unspecified atom stereocenters. The zero-order valence-electron chi connectivity index (χ0n) is 8.08. The predicted molar refractivity (Wildman–Crippen MR) is 62.7 cm³/mol. The van der Waals surface area contributed by atoms with Crippen LogP contribution in [0.1, 0.15) is 0 Å². The molecule has 0 spiro atoms. The quantitative estimate of drug-likeness (QED) is 0.821. The molecule has 14 heavy (non-hydrogen) atoms. The summed E-state index contributed by atoms with van der Waals surface area (Å²) >= 11 is 1.98. The highest BCUT2D eigenvalue weighted by Crippen LogP contribution is 2.12. The summed E-state index contributed by atoms with van der Waals surface area (Å²) in [5, 5.41) is 0. The fraction of sp³-hybridized carbons (Fsp3) is 0.500. The number of ether oxygens (including phenoxy) is 1. The monoisotopic (exact) mass is 309 g/mol. The molecule has 1 aromatic rings. The van der Waals surface area contributed by atoms with Gasteiger partial charge in [-0.1, -0.05) is 0 Å². The first kappa shape index (κ1) is 11.4. The number of nitrogens with zero attached hydrogens (tertiary/aromatic N) is 2. The summed E-state index contributed by atoms with van der Waals surface area (Å²) in [6.07, 6.45) is 1.41.